The molecule has 0 radical (unpaired) electrons. The Kier molecular flexibility index (Phi) is 7.31. The minimum Gasteiger partial charge on any atom is -0.483 e. The fourth-order valence-corrected chi connectivity index (χ4v) is 3.79. The van der Waals surface area contributed by atoms with Crippen LogP contribution in [0.5, 0.6) is 5.75 Å². The number of rotatable bonds is 7. The Bertz CT molecular complexity index is 769. The van der Waals surface area contributed by atoms with Gasteiger partial charge in [-0.15, -0.1) is 0 Å². The molecule has 1 aliphatic rings. The fraction of sp³-hybridized carbons (Fsp3) is 0.409. The van der Waals surface area contributed by atoms with E-state index in [-0.39, 0.29) is 18.6 Å². The average molecular weight is 403 g/mol. The van der Waals surface area contributed by atoms with Gasteiger partial charge in [0, 0.05) is 24.7 Å². The molecule has 1 atom stereocenters. The van der Waals surface area contributed by atoms with Crippen molar-refractivity contribution in [3.8, 4) is 5.75 Å². The first-order valence-corrected chi connectivity index (χ1v) is 9.94. The summed E-state index contributed by atoms with van der Waals surface area (Å²) in [5.74, 6) is 0.569. The maximum absolute atomic E-state index is 12.6. The van der Waals surface area contributed by atoms with Crippen LogP contribution < -0.4 is 10.1 Å². The van der Waals surface area contributed by atoms with Crippen molar-refractivity contribution in [1.82, 2.24) is 10.2 Å². The van der Waals surface area contributed by atoms with Crippen LogP contribution in [-0.4, -0.2) is 50.3 Å². The van der Waals surface area contributed by atoms with E-state index >= 15 is 0 Å². The lowest BCUT2D eigenvalue weighted by Gasteiger charge is -2.31. The summed E-state index contributed by atoms with van der Waals surface area (Å²) in [6.45, 7) is 7.78. The molecule has 0 aromatic heterocycles. The van der Waals surface area contributed by atoms with Gasteiger partial charge in [0.1, 0.15) is 5.75 Å². The standard InChI is InChI=1S/C22H27ClN2O3/c1-16-12-19(23)13-17(2)22(16)28-15-21(26)24-20(18-6-4-3-5-7-18)14-25-8-10-27-11-9-25/h3-7,12-13,20H,8-11,14-15H2,1-2H3,(H,24,26)/t20-/m1/s1. The van der Waals surface area contributed by atoms with Crippen molar-refractivity contribution in [2.45, 2.75) is 19.9 Å². The minimum absolute atomic E-state index is 0.0320. The van der Waals surface area contributed by atoms with E-state index in [1.165, 1.54) is 0 Å². The molecule has 0 bridgehead atoms. The van der Waals surface area contributed by atoms with E-state index < -0.39 is 0 Å². The van der Waals surface area contributed by atoms with Gasteiger partial charge in [-0.1, -0.05) is 41.9 Å². The van der Waals surface area contributed by atoms with E-state index in [2.05, 4.69) is 10.2 Å². The number of nitrogens with zero attached hydrogens (tertiary/aromatic N) is 1. The maximum Gasteiger partial charge on any atom is 0.258 e. The Morgan fingerprint density at radius 1 is 1.18 bits per heavy atom. The van der Waals surface area contributed by atoms with Gasteiger partial charge in [0.15, 0.2) is 6.61 Å². The Morgan fingerprint density at radius 3 is 2.46 bits per heavy atom. The summed E-state index contributed by atoms with van der Waals surface area (Å²) in [4.78, 5) is 14.9. The second kappa shape index (κ2) is 9.92. The molecule has 1 N–H and O–H groups in total. The topological polar surface area (TPSA) is 50.8 Å². The van der Waals surface area contributed by atoms with Crippen molar-refractivity contribution in [1.29, 1.82) is 0 Å². The number of halogens is 1. The first-order chi connectivity index (χ1) is 13.5. The van der Waals surface area contributed by atoms with Crippen LogP contribution in [-0.2, 0) is 9.53 Å². The van der Waals surface area contributed by atoms with E-state index in [9.17, 15) is 4.79 Å². The zero-order valence-corrected chi connectivity index (χ0v) is 17.2. The quantitative estimate of drug-likeness (QED) is 0.769. The van der Waals surface area contributed by atoms with E-state index in [0.29, 0.717) is 10.8 Å². The predicted molar refractivity (Wildman–Crippen MR) is 111 cm³/mol. The van der Waals surface area contributed by atoms with Gasteiger partial charge in [-0.25, -0.2) is 0 Å². The summed E-state index contributed by atoms with van der Waals surface area (Å²) in [5, 5.41) is 3.80. The number of hydrogen-bond donors (Lipinski definition) is 1. The van der Waals surface area contributed by atoms with Crippen LogP contribution in [0.3, 0.4) is 0 Å². The smallest absolute Gasteiger partial charge is 0.258 e. The van der Waals surface area contributed by atoms with Crippen LogP contribution in [0.25, 0.3) is 0 Å². The van der Waals surface area contributed by atoms with Crippen molar-refractivity contribution in [2.24, 2.45) is 0 Å². The lowest BCUT2D eigenvalue weighted by molar-refractivity contribution is -0.124. The molecule has 0 unspecified atom stereocenters. The molecule has 1 fully saturated rings. The monoisotopic (exact) mass is 402 g/mol. The van der Waals surface area contributed by atoms with Gasteiger partial charge in [0.05, 0.1) is 19.3 Å². The number of hydrogen-bond acceptors (Lipinski definition) is 4. The third-order valence-corrected chi connectivity index (χ3v) is 5.07. The molecule has 150 valence electrons. The Morgan fingerprint density at radius 2 is 1.82 bits per heavy atom. The largest absolute Gasteiger partial charge is 0.483 e. The summed E-state index contributed by atoms with van der Waals surface area (Å²) in [5.41, 5.74) is 2.93. The Labute approximate surface area is 171 Å². The SMILES string of the molecule is Cc1cc(Cl)cc(C)c1OCC(=O)N[C@H](CN1CCOCC1)c1ccccc1. The third-order valence-electron chi connectivity index (χ3n) is 4.85. The van der Waals surface area contributed by atoms with Crippen LogP contribution in [0, 0.1) is 13.8 Å². The molecule has 6 heteroatoms. The van der Waals surface area contributed by atoms with Gasteiger partial charge in [-0.3, -0.25) is 9.69 Å². The fourth-order valence-electron chi connectivity index (χ4n) is 3.46. The van der Waals surface area contributed by atoms with Gasteiger partial charge >= 0.3 is 0 Å². The minimum atomic E-state index is -0.143. The van der Waals surface area contributed by atoms with Gasteiger partial charge in [0.2, 0.25) is 0 Å². The highest BCUT2D eigenvalue weighted by molar-refractivity contribution is 6.30. The molecular formula is C22H27ClN2O3. The molecule has 2 aromatic rings. The van der Waals surface area contributed by atoms with E-state index in [4.69, 9.17) is 21.1 Å². The van der Waals surface area contributed by atoms with Crippen molar-refractivity contribution in [3.05, 3.63) is 64.2 Å². The number of carbonyl (C=O) groups is 1. The van der Waals surface area contributed by atoms with Crippen molar-refractivity contribution in [3.63, 3.8) is 0 Å². The lowest BCUT2D eigenvalue weighted by Crippen LogP contribution is -2.44. The number of amides is 1. The third kappa shape index (κ3) is 5.71. The van der Waals surface area contributed by atoms with Crippen LogP contribution >= 0.6 is 11.6 Å². The molecule has 1 amide bonds. The number of ether oxygens (including phenoxy) is 2. The maximum atomic E-state index is 12.6. The zero-order chi connectivity index (χ0) is 19.9. The zero-order valence-electron chi connectivity index (χ0n) is 16.4. The summed E-state index contributed by atoms with van der Waals surface area (Å²) < 4.78 is 11.2. The summed E-state index contributed by atoms with van der Waals surface area (Å²) >= 11 is 6.07. The number of benzene rings is 2. The average Bonchev–Trinajstić information content (AvgIpc) is 2.68. The summed E-state index contributed by atoms with van der Waals surface area (Å²) in [7, 11) is 0. The lowest BCUT2D eigenvalue weighted by atomic mass is 10.1. The second-order valence-electron chi connectivity index (χ2n) is 7.10. The first-order valence-electron chi connectivity index (χ1n) is 9.57. The molecule has 0 spiro atoms. The highest BCUT2D eigenvalue weighted by atomic mass is 35.5. The highest BCUT2D eigenvalue weighted by Gasteiger charge is 2.20. The number of carbonyl (C=O) groups excluding carboxylic acids is 1. The van der Waals surface area contributed by atoms with Gasteiger partial charge in [-0.05, 0) is 42.7 Å². The molecule has 2 aromatic carbocycles. The molecule has 0 saturated carbocycles. The van der Waals surface area contributed by atoms with Crippen molar-refractivity contribution >= 4 is 17.5 Å². The number of aryl methyl sites for hydroxylation is 2. The van der Waals surface area contributed by atoms with Crippen molar-refractivity contribution in [2.75, 3.05) is 39.5 Å². The molecule has 28 heavy (non-hydrogen) atoms. The highest BCUT2D eigenvalue weighted by Crippen LogP contribution is 2.27. The summed E-state index contributed by atoms with van der Waals surface area (Å²) in [6, 6.07) is 13.6. The Hall–Kier alpha value is -2.08. The van der Waals surface area contributed by atoms with Crippen LogP contribution in [0.15, 0.2) is 42.5 Å². The molecular weight excluding hydrogens is 376 g/mol. The summed E-state index contributed by atoms with van der Waals surface area (Å²) in [6.07, 6.45) is 0. The molecule has 1 heterocycles. The van der Waals surface area contributed by atoms with E-state index in [1.807, 2.05) is 56.3 Å². The normalized spacial score (nSPS) is 15.8. The first kappa shape index (κ1) is 20.6. The molecule has 1 aliphatic heterocycles. The molecule has 0 aliphatic carbocycles. The molecule has 1 saturated heterocycles. The van der Waals surface area contributed by atoms with Gasteiger partial charge in [0.25, 0.3) is 5.91 Å². The predicted octanol–water partition coefficient (Wildman–Crippen LogP) is 3.53. The molecule has 5 nitrogen and oxygen atoms in total. The number of nitrogens with one attached hydrogen (secondary N) is 1. The van der Waals surface area contributed by atoms with Crippen LogP contribution in [0.2, 0.25) is 5.02 Å². The van der Waals surface area contributed by atoms with Gasteiger partial charge in [-0.2, -0.15) is 0 Å². The van der Waals surface area contributed by atoms with Crippen molar-refractivity contribution < 1.29 is 14.3 Å². The van der Waals surface area contributed by atoms with Crippen LogP contribution in [0.4, 0.5) is 0 Å². The Balaban J connectivity index is 1.64. The van der Waals surface area contributed by atoms with E-state index in [0.717, 1.165) is 49.5 Å². The molecule has 3 rings (SSSR count). The van der Waals surface area contributed by atoms with E-state index in [1.54, 1.807) is 0 Å². The van der Waals surface area contributed by atoms with Gasteiger partial charge < -0.3 is 14.8 Å². The number of morpholine rings is 1. The second-order valence-corrected chi connectivity index (χ2v) is 7.54. The van der Waals surface area contributed by atoms with Crippen LogP contribution in [0.1, 0.15) is 22.7 Å².